The summed E-state index contributed by atoms with van der Waals surface area (Å²) in [5.41, 5.74) is 5.01. The van der Waals surface area contributed by atoms with Gasteiger partial charge in [-0.1, -0.05) is 42.5 Å². The van der Waals surface area contributed by atoms with E-state index in [9.17, 15) is 4.79 Å². The van der Waals surface area contributed by atoms with E-state index in [1.807, 2.05) is 66.7 Å². The summed E-state index contributed by atoms with van der Waals surface area (Å²) in [5, 5.41) is 0.659. The number of hydrogen-bond acceptors (Lipinski definition) is 5. The van der Waals surface area contributed by atoms with Gasteiger partial charge in [0.25, 0.3) is 5.91 Å². The second kappa shape index (κ2) is 9.65. The van der Waals surface area contributed by atoms with Crippen LogP contribution in [0.5, 0.6) is 0 Å². The number of hydrogen-bond donors (Lipinski definition) is 0. The minimum absolute atomic E-state index is 0.0578. The van der Waals surface area contributed by atoms with E-state index in [1.165, 1.54) is 17.4 Å². The predicted octanol–water partition coefficient (Wildman–Crippen LogP) is 5.64. The fourth-order valence-electron chi connectivity index (χ4n) is 3.95. The van der Waals surface area contributed by atoms with Gasteiger partial charge < -0.3 is 9.64 Å². The smallest absolute Gasteiger partial charge is 0.271 e. The fraction of sp³-hybridized carbons (Fsp3) is 0.185. The molecule has 0 spiro atoms. The van der Waals surface area contributed by atoms with Crippen molar-refractivity contribution in [1.29, 1.82) is 0 Å². The van der Waals surface area contributed by atoms with Crippen LogP contribution in [0.25, 0.3) is 6.08 Å². The Hall–Kier alpha value is -3.35. The largest absolute Gasteiger partial charge is 0.378 e. The van der Waals surface area contributed by atoms with E-state index < -0.39 is 0 Å². The molecule has 6 heteroatoms. The normalized spacial score (nSPS) is 19.0. The maximum absolute atomic E-state index is 13.5. The third kappa shape index (κ3) is 4.72. The molecular weight excluding hydrogens is 430 g/mol. The predicted molar refractivity (Wildman–Crippen MR) is 137 cm³/mol. The van der Waals surface area contributed by atoms with Crippen LogP contribution in [0.4, 0.5) is 17.1 Å². The van der Waals surface area contributed by atoms with E-state index in [0.717, 1.165) is 48.8 Å². The standard InChI is InChI=1S/C27H25N3O2S/c1-20-18-24(29-14-16-32-17-15-29)13-12-21(20)19-25-26(31)30(23-10-6-3-7-11-23)27(33-25)28-22-8-4-2-5-9-22/h2-13,18-19H,14-17H2,1H3/b25-19-,28-27?. The number of carbonyl (C=O) groups is 1. The molecule has 166 valence electrons. The zero-order chi connectivity index (χ0) is 22.6. The van der Waals surface area contributed by atoms with Gasteiger partial charge in [0.15, 0.2) is 5.17 Å². The molecule has 0 aromatic heterocycles. The Morgan fingerprint density at radius 2 is 1.61 bits per heavy atom. The minimum atomic E-state index is -0.0578. The maximum atomic E-state index is 13.5. The van der Waals surface area contributed by atoms with Gasteiger partial charge in [0, 0.05) is 18.8 Å². The van der Waals surface area contributed by atoms with Crippen LogP contribution in [0.2, 0.25) is 0 Å². The molecular formula is C27H25N3O2S. The number of benzene rings is 3. The zero-order valence-electron chi connectivity index (χ0n) is 18.5. The molecule has 0 saturated carbocycles. The van der Waals surface area contributed by atoms with Crippen molar-refractivity contribution in [2.75, 3.05) is 36.1 Å². The summed E-state index contributed by atoms with van der Waals surface area (Å²) in [4.78, 5) is 22.9. The van der Waals surface area contributed by atoms with Crippen LogP contribution in [0.1, 0.15) is 11.1 Å². The third-order valence-electron chi connectivity index (χ3n) is 5.72. The Kier molecular flexibility index (Phi) is 6.28. The van der Waals surface area contributed by atoms with Gasteiger partial charge in [-0.3, -0.25) is 9.69 Å². The average molecular weight is 456 g/mol. The molecule has 2 fully saturated rings. The Balaban J connectivity index is 1.48. The van der Waals surface area contributed by atoms with Crippen molar-refractivity contribution in [3.63, 3.8) is 0 Å². The number of para-hydroxylation sites is 2. The molecule has 2 aliphatic rings. The highest BCUT2D eigenvalue weighted by molar-refractivity contribution is 8.19. The molecule has 0 bridgehead atoms. The fourth-order valence-corrected chi connectivity index (χ4v) is 4.94. The molecule has 2 heterocycles. The lowest BCUT2D eigenvalue weighted by Gasteiger charge is -2.29. The molecule has 5 rings (SSSR count). The topological polar surface area (TPSA) is 45.1 Å². The van der Waals surface area contributed by atoms with Crippen molar-refractivity contribution < 1.29 is 9.53 Å². The lowest BCUT2D eigenvalue weighted by molar-refractivity contribution is -0.113. The Bertz CT molecular complexity index is 1200. The van der Waals surface area contributed by atoms with Gasteiger partial charge in [-0.05, 0) is 72.3 Å². The highest BCUT2D eigenvalue weighted by Crippen LogP contribution is 2.37. The Labute approximate surface area is 198 Å². The maximum Gasteiger partial charge on any atom is 0.271 e. The average Bonchev–Trinajstić information content (AvgIpc) is 3.16. The molecule has 33 heavy (non-hydrogen) atoms. The number of carbonyl (C=O) groups excluding carboxylic acids is 1. The van der Waals surface area contributed by atoms with E-state index >= 15 is 0 Å². The van der Waals surface area contributed by atoms with Gasteiger partial charge in [0.2, 0.25) is 0 Å². The first-order valence-electron chi connectivity index (χ1n) is 11.1. The quantitative estimate of drug-likeness (QED) is 0.478. The van der Waals surface area contributed by atoms with Crippen LogP contribution in [0.3, 0.4) is 0 Å². The van der Waals surface area contributed by atoms with E-state index in [0.29, 0.717) is 10.1 Å². The molecule has 3 aromatic rings. The number of nitrogens with zero attached hydrogens (tertiary/aromatic N) is 3. The zero-order valence-corrected chi connectivity index (χ0v) is 19.3. The number of amides is 1. The Morgan fingerprint density at radius 1 is 0.909 bits per heavy atom. The van der Waals surface area contributed by atoms with E-state index in [1.54, 1.807) is 4.90 Å². The van der Waals surface area contributed by atoms with E-state index in [2.05, 4.69) is 30.0 Å². The van der Waals surface area contributed by atoms with Crippen molar-refractivity contribution in [1.82, 2.24) is 0 Å². The summed E-state index contributed by atoms with van der Waals surface area (Å²) < 4.78 is 5.47. The summed E-state index contributed by atoms with van der Waals surface area (Å²) in [6, 6.07) is 25.8. The van der Waals surface area contributed by atoms with Crippen molar-refractivity contribution in [2.45, 2.75) is 6.92 Å². The molecule has 0 atom stereocenters. The highest BCUT2D eigenvalue weighted by atomic mass is 32.2. The van der Waals surface area contributed by atoms with Crippen LogP contribution in [0, 0.1) is 6.92 Å². The number of thioether (sulfide) groups is 1. The first-order valence-corrected chi connectivity index (χ1v) is 11.9. The molecule has 5 nitrogen and oxygen atoms in total. The lowest BCUT2D eigenvalue weighted by atomic mass is 10.1. The highest BCUT2D eigenvalue weighted by Gasteiger charge is 2.34. The number of anilines is 2. The summed E-state index contributed by atoms with van der Waals surface area (Å²) in [7, 11) is 0. The van der Waals surface area contributed by atoms with Gasteiger partial charge in [-0.25, -0.2) is 4.99 Å². The lowest BCUT2D eigenvalue weighted by Crippen LogP contribution is -2.36. The second-order valence-electron chi connectivity index (χ2n) is 7.96. The number of amidine groups is 1. The minimum Gasteiger partial charge on any atom is -0.378 e. The molecule has 2 aliphatic heterocycles. The SMILES string of the molecule is Cc1cc(N2CCOCC2)ccc1/C=C1\SC(=Nc2ccccc2)N(c2ccccc2)C1=O. The molecule has 0 unspecified atom stereocenters. The van der Waals surface area contributed by atoms with Crippen LogP contribution in [0.15, 0.2) is 88.8 Å². The first-order chi connectivity index (χ1) is 16.2. The third-order valence-corrected chi connectivity index (χ3v) is 6.69. The number of morpholine rings is 1. The number of aliphatic imine (C=N–C) groups is 1. The monoisotopic (exact) mass is 455 g/mol. The van der Waals surface area contributed by atoms with Gasteiger partial charge in [-0.15, -0.1) is 0 Å². The molecule has 0 radical (unpaired) electrons. The van der Waals surface area contributed by atoms with Gasteiger partial charge in [-0.2, -0.15) is 0 Å². The van der Waals surface area contributed by atoms with E-state index in [-0.39, 0.29) is 5.91 Å². The van der Waals surface area contributed by atoms with Gasteiger partial charge in [0.05, 0.1) is 29.5 Å². The summed E-state index contributed by atoms with van der Waals surface area (Å²) in [6.45, 7) is 5.41. The summed E-state index contributed by atoms with van der Waals surface area (Å²) in [6.07, 6.45) is 1.98. The molecule has 1 amide bonds. The van der Waals surface area contributed by atoms with Gasteiger partial charge >= 0.3 is 0 Å². The Morgan fingerprint density at radius 3 is 2.30 bits per heavy atom. The van der Waals surface area contributed by atoms with E-state index in [4.69, 9.17) is 9.73 Å². The first kappa shape index (κ1) is 21.5. The van der Waals surface area contributed by atoms with Crippen LogP contribution < -0.4 is 9.80 Å². The van der Waals surface area contributed by atoms with Crippen LogP contribution in [-0.4, -0.2) is 37.4 Å². The summed E-state index contributed by atoms with van der Waals surface area (Å²) in [5.74, 6) is -0.0578. The van der Waals surface area contributed by atoms with Crippen LogP contribution in [-0.2, 0) is 9.53 Å². The molecule has 3 aromatic carbocycles. The summed E-state index contributed by atoms with van der Waals surface area (Å²) >= 11 is 1.41. The number of rotatable bonds is 4. The van der Waals surface area contributed by atoms with Crippen LogP contribution >= 0.6 is 11.8 Å². The molecule has 0 N–H and O–H groups in total. The second-order valence-corrected chi connectivity index (χ2v) is 8.97. The van der Waals surface area contributed by atoms with Crippen molar-refractivity contribution in [3.8, 4) is 0 Å². The van der Waals surface area contributed by atoms with Gasteiger partial charge in [0.1, 0.15) is 0 Å². The van der Waals surface area contributed by atoms with Crippen molar-refractivity contribution >= 4 is 46.0 Å². The number of aryl methyl sites for hydroxylation is 1. The van der Waals surface area contributed by atoms with Crippen molar-refractivity contribution in [2.24, 2.45) is 4.99 Å². The molecule has 0 aliphatic carbocycles. The number of ether oxygens (including phenoxy) is 1. The molecule has 2 saturated heterocycles. The van der Waals surface area contributed by atoms with Crippen molar-refractivity contribution in [3.05, 3.63) is 94.9 Å².